The number of amides is 1. The summed E-state index contributed by atoms with van der Waals surface area (Å²) in [5, 5.41) is 2.79. The largest absolute Gasteiger partial charge is 0.494 e. The van der Waals surface area contributed by atoms with Crippen LogP contribution in [0.1, 0.15) is 21.5 Å². The van der Waals surface area contributed by atoms with E-state index in [1.807, 2.05) is 32.0 Å². The molecule has 0 saturated carbocycles. The molecule has 24 heavy (non-hydrogen) atoms. The van der Waals surface area contributed by atoms with E-state index in [2.05, 4.69) is 10.0 Å². The average Bonchev–Trinajstić information content (AvgIpc) is 2.49. The maximum atomic E-state index is 12.4. The maximum absolute atomic E-state index is 12.4. The first-order valence-corrected chi connectivity index (χ1v) is 9.13. The van der Waals surface area contributed by atoms with Gasteiger partial charge in [-0.2, -0.15) is 0 Å². The molecule has 7 heteroatoms. The third-order valence-electron chi connectivity index (χ3n) is 3.39. The van der Waals surface area contributed by atoms with E-state index in [1.54, 1.807) is 18.2 Å². The summed E-state index contributed by atoms with van der Waals surface area (Å²) in [5.74, 6) is 0.0845. The van der Waals surface area contributed by atoms with E-state index in [1.165, 1.54) is 7.11 Å². The molecule has 0 unspecified atom stereocenters. The van der Waals surface area contributed by atoms with Crippen molar-refractivity contribution in [2.24, 2.45) is 0 Å². The smallest absolute Gasteiger partial charge is 0.255 e. The first kappa shape index (κ1) is 17.8. The molecule has 0 radical (unpaired) electrons. The van der Waals surface area contributed by atoms with Crippen LogP contribution in [-0.4, -0.2) is 27.7 Å². The Kier molecular flexibility index (Phi) is 5.14. The zero-order valence-electron chi connectivity index (χ0n) is 14.0. The van der Waals surface area contributed by atoms with Crippen LogP contribution in [0.2, 0.25) is 0 Å². The van der Waals surface area contributed by atoms with Gasteiger partial charge in [0.25, 0.3) is 5.91 Å². The molecule has 2 rings (SSSR count). The highest BCUT2D eigenvalue weighted by Gasteiger charge is 2.13. The lowest BCUT2D eigenvalue weighted by Gasteiger charge is -2.13. The summed E-state index contributed by atoms with van der Waals surface area (Å²) < 4.78 is 30.2. The number of anilines is 2. The van der Waals surface area contributed by atoms with E-state index in [0.717, 1.165) is 17.4 Å². The van der Waals surface area contributed by atoms with Crippen molar-refractivity contribution in [2.75, 3.05) is 23.4 Å². The van der Waals surface area contributed by atoms with Gasteiger partial charge in [-0.3, -0.25) is 9.52 Å². The van der Waals surface area contributed by atoms with Crippen molar-refractivity contribution in [3.63, 3.8) is 0 Å². The zero-order chi connectivity index (χ0) is 17.9. The average molecular weight is 348 g/mol. The standard InChI is InChI=1S/C17H20N2O4S/c1-11-5-6-12(2)14(9-11)17(20)18-13-7-8-15(16(10-13)23-3)19-24(4,21)22/h5-10,19H,1-4H3,(H,18,20). The van der Waals surface area contributed by atoms with Crippen LogP contribution in [0.15, 0.2) is 36.4 Å². The van der Waals surface area contributed by atoms with Crippen LogP contribution < -0.4 is 14.8 Å². The molecule has 2 aromatic rings. The fourth-order valence-corrected chi connectivity index (χ4v) is 2.80. The molecule has 0 spiro atoms. The number of rotatable bonds is 5. The van der Waals surface area contributed by atoms with Crippen LogP contribution in [0.5, 0.6) is 5.75 Å². The van der Waals surface area contributed by atoms with Crippen molar-refractivity contribution in [3.8, 4) is 5.75 Å². The second-order valence-corrected chi connectivity index (χ2v) is 7.31. The van der Waals surface area contributed by atoms with E-state index in [0.29, 0.717) is 22.7 Å². The minimum Gasteiger partial charge on any atom is -0.494 e. The normalized spacial score (nSPS) is 11.0. The molecular formula is C17H20N2O4S. The second kappa shape index (κ2) is 6.92. The Labute approximate surface area is 141 Å². The first-order chi connectivity index (χ1) is 11.2. The van der Waals surface area contributed by atoms with Crippen LogP contribution in [0, 0.1) is 13.8 Å². The summed E-state index contributed by atoms with van der Waals surface area (Å²) >= 11 is 0. The van der Waals surface area contributed by atoms with Crippen LogP contribution in [0.25, 0.3) is 0 Å². The highest BCUT2D eigenvalue weighted by molar-refractivity contribution is 7.92. The van der Waals surface area contributed by atoms with Gasteiger partial charge in [-0.25, -0.2) is 8.42 Å². The number of carbonyl (C=O) groups is 1. The van der Waals surface area contributed by atoms with Gasteiger partial charge in [-0.15, -0.1) is 0 Å². The number of hydrogen-bond acceptors (Lipinski definition) is 4. The Bertz CT molecular complexity index is 876. The van der Waals surface area contributed by atoms with Crippen LogP contribution in [0.4, 0.5) is 11.4 Å². The van der Waals surface area contributed by atoms with Gasteiger partial charge >= 0.3 is 0 Å². The molecule has 2 N–H and O–H groups in total. The molecule has 0 aromatic heterocycles. The fraction of sp³-hybridized carbons (Fsp3) is 0.235. The topological polar surface area (TPSA) is 84.5 Å². The van der Waals surface area contributed by atoms with Crippen LogP contribution >= 0.6 is 0 Å². The zero-order valence-corrected chi connectivity index (χ0v) is 14.8. The lowest BCUT2D eigenvalue weighted by atomic mass is 10.0. The Hall–Kier alpha value is -2.54. The molecule has 6 nitrogen and oxygen atoms in total. The predicted octanol–water partition coefficient (Wildman–Crippen LogP) is 2.94. The summed E-state index contributed by atoms with van der Waals surface area (Å²) in [6.45, 7) is 3.79. The maximum Gasteiger partial charge on any atom is 0.255 e. The van der Waals surface area contributed by atoms with Gasteiger partial charge in [0.05, 0.1) is 19.1 Å². The van der Waals surface area contributed by atoms with Crippen molar-refractivity contribution in [1.82, 2.24) is 0 Å². The Balaban J connectivity index is 2.27. The minimum atomic E-state index is -3.42. The number of hydrogen-bond donors (Lipinski definition) is 2. The Morgan fingerprint density at radius 3 is 2.42 bits per heavy atom. The van der Waals surface area contributed by atoms with Gasteiger partial charge in [0.1, 0.15) is 5.75 Å². The summed E-state index contributed by atoms with van der Waals surface area (Å²) in [6.07, 6.45) is 1.06. The number of carbonyl (C=O) groups excluding carboxylic acids is 1. The minimum absolute atomic E-state index is 0.234. The third kappa shape index (κ3) is 4.48. The van der Waals surface area contributed by atoms with Gasteiger partial charge in [-0.1, -0.05) is 17.7 Å². The van der Waals surface area contributed by atoms with E-state index >= 15 is 0 Å². The number of nitrogens with one attached hydrogen (secondary N) is 2. The number of aryl methyl sites for hydroxylation is 2. The number of methoxy groups -OCH3 is 1. The van der Waals surface area contributed by atoms with Gasteiger partial charge in [0, 0.05) is 17.3 Å². The van der Waals surface area contributed by atoms with Gasteiger partial charge in [0.15, 0.2) is 0 Å². The van der Waals surface area contributed by atoms with Crippen molar-refractivity contribution in [3.05, 3.63) is 53.1 Å². The Morgan fingerprint density at radius 2 is 1.79 bits per heavy atom. The summed E-state index contributed by atoms with van der Waals surface area (Å²) in [6, 6.07) is 10.4. The molecule has 0 heterocycles. The van der Waals surface area contributed by atoms with E-state index in [9.17, 15) is 13.2 Å². The lowest BCUT2D eigenvalue weighted by Crippen LogP contribution is -2.14. The summed E-state index contributed by atoms with van der Waals surface area (Å²) in [5.41, 5.74) is 3.28. The number of ether oxygens (including phenoxy) is 1. The first-order valence-electron chi connectivity index (χ1n) is 7.24. The van der Waals surface area contributed by atoms with Crippen molar-refractivity contribution in [2.45, 2.75) is 13.8 Å². The van der Waals surface area contributed by atoms with Crippen molar-refractivity contribution >= 4 is 27.3 Å². The van der Waals surface area contributed by atoms with Crippen molar-refractivity contribution < 1.29 is 17.9 Å². The van der Waals surface area contributed by atoms with Gasteiger partial charge < -0.3 is 10.1 Å². The SMILES string of the molecule is COc1cc(NC(=O)c2cc(C)ccc2C)ccc1NS(C)(=O)=O. The Morgan fingerprint density at radius 1 is 1.08 bits per heavy atom. The molecule has 128 valence electrons. The van der Waals surface area contributed by atoms with E-state index in [-0.39, 0.29) is 5.91 Å². The van der Waals surface area contributed by atoms with Crippen molar-refractivity contribution in [1.29, 1.82) is 0 Å². The number of sulfonamides is 1. The molecule has 0 fully saturated rings. The van der Waals surface area contributed by atoms with Crippen LogP contribution in [-0.2, 0) is 10.0 Å². The molecule has 0 aliphatic carbocycles. The molecule has 0 saturated heterocycles. The third-order valence-corrected chi connectivity index (χ3v) is 3.98. The van der Waals surface area contributed by atoms with E-state index < -0.39 is 10.0 Å². The molecular weight excluding hydrogens is 328 g/mol. The number of benzene rings is 2. The van der Waals surface area contributed by atoms with Crippen LogP contribution in [0.3, 0.4) is 0 Å². The quantitative estimate of drug-likeness (QED) is 0.870. The summed E-state index contributed by atoms with van der Waals surface area (Å²) in [7, 11) is -1.99. The van der Waals surface area contributed by atoms with Gasteiger partial charge in [-0.05, 0) is 37.6 Å². The molecule has 0 atom stereocenters. The molecule has 0 aliphatic heterocycles. The molecule has 2 aromatic carbocycles. The molecule has 1 amide bonds. The van der Waals surface area contributed by atoms with Gasteiger partial charge in [0.2, 0.25) is 10.0 Å². The second-order valence-electron chi connectivity index (χ2n) is 5.56. The highest BCUT2D eigenvalue weighted by atomic mass is 32.2. The lowest BCUT2D eigenvalue weighted by molar-refractivity contribution is 0.102. The predicted molar refractivity (Wildman–Crippen MR) is 95.3 cm³/mol. The fourth-order valence-electron chi connectivity index (χ4n) is 2.23. The molecule has 0 aliphatic rings. The highest BCUT2D eigenvalue weighted by Crippen LogP contribution is 2.29. The van der Waals surface area contributed by atoms with E-state index in [4.69, 9.17) is 4.74 Å². The summed E-state index contributed by atoms with van der Waals surface area (Å²) in [4.78, 5) is 12.4. The molecule has 0 bridgehead atoms. The monoisotopic (exact) mass is 348 g/mol.